The fraction of sp³-hybridized carbons (Fsp3) is 0.0417. The Balaban J connectivity index is 1.51. The lowest BCUT2D eigenvalue weighted by Crippen LogP contribution is -2.22. The van der Waals surface area contributed by atoms with E-state index in [9.17, 15) is 4.79 Å². The molecule has 0 aliphatic heterocycles. The average molecular weight is 394 g/mol. The van der Waals surface area contributed by atoms with Gasteiger partial charge in [-0.1, -0.05) is 29.4 Å². The third-order valence-electron chi connectivity index (χ3n) is 5.07. The van der Waals surface area contributed by atoms with Crippen LogP contribution in [0.2, 0.25) is 0 Å². The van der Waals surface area contributed by atoms with Gasteiger partial charge < -0.3 is 10.3 Å². The summed E-state index contributed by atoms with van der Waals surface area (Å²) in [6, 6.07) is 24.3. The largest absolute Gasteiger partial charge is 0.399 e. The molecule has 0 bridgehead atoms. The lowest BCUT2D eigenvalue weighted by molar-refractivity contribution is 0.435. The Bertz CT molecular complexity index is 1410. The fourth-order valence-electron chi connectivity index (χ4n) is 3.52. The summed E-state index contributed by atoms with van der Waals surface area (Å²) in [7, 11) is 0. The summed E-state index contributed by atoms with van der Waals surface area (Å²) in [5.74, 6) is 1.30. The van der Waals surface area contributed by atoms with Crippen LogP contribution in [0.1, 0.15) is 5.82 Å². The molecular formula is C24H18N4O2. The second-order valence-corrected chi connectivity index (χ2v) is 7.06. The molecule has 30 heavy (non-hydrogen) atoms. The maximum Gasteiger partial charge on any atom is 0.265 e. The first-order valence-electron chi connectivity index (χ1n) is 9.52. The van der Waals surface area contributed by atoms with E-state index in [1.54, 1.807) is 10.6 Å². The molecule has 0 aliphatic rings. The Morgan fingerprint density at radius 3 is 2.37 bits per heavy atom. The molecule has 0 unspecified atom stereocenters. The zero-order valence-electron chi connectivity index (χ0n) is 16.2. The summed E-state index contributed by atoms with van der Waals surface area (Å²) in [6.45, 7) is 1.83. The number of aromatic nitrogens is 3. The van der Waals surface area contributed by atoms with Gasteiger partial charge in [0.1, 0.15) is 11.5 Å². The number of nitrogens with two attached hydrogens (primary N) is 1. The summed E-state index contributed by atoms with van der Waals surface area (Å²) >= 11 is 0. The molecule has 146 valence electrons. The highest BCUT2D eigenvalue weighted by Gasteiger charge is 2.12. The van der Waals surface area contributed by atoms with E-state index in [1.165, 1.54) is 0 Å². The van der Waals surface area contributed by atoms with E-state index in [0.717, 1.165) is 16.8 Å². The van der Waals surface area contributed by atoms with Gasteiger partial charge in [0.2, 0.25) is 0 Å². The van der Waals surface area contributed by atoms with Crippen LogP contribution in [0.3, 0.4) is 0 Å². The minimum absolute atomic E-state index is 0.0853. The van der Waals surface area contributed by atoms with Crippen molar-refractivity contribution < 1.29 is 4.52 Å². The van der Waals surface area contributed by atoms with Crippen molar-refractivity contribution in [2.75, 3.05) is 5.73 Å². The molecule has 2 heterocycles. The number of hydrogen-bond acceptors (Lipinski definition) is 5. The predicted octanol–water partition coefficient (Wildman–Crippen LogP) is 4.60. The Kier molecular flexibility index (Phi) is 4.17. The summed E-state index contributed by atoms with van der Waals surface area (Å²) in [6.07, 6.45) is 0. The number of hydrogen-bond donors (Lipinski definition) is 1. The van der Waals surface area contributed by atoms with Crippen molar-refractivity contribution in [1.82, 2.24) is 14.7 Å². The smallest absolute Gasteiger partial charge is 0.265 e. The first kappa shape index (κ1) is 17.9. The van der Waals surface area contributed by atoms with Gasteiger partial charge in [-0.3, -0.25) is 9.36 Å². The number of benzene rings is 3. The Morgan fingerprint density at radius 1 is 0.900 bits per heavy atom. The monoisotopic (exact) mass is 394 g/mol. The number of rotatable bonds is 3. The molecule has 0 spiro atoms. The van der Waals surface area contributed by atoms with Gasteiger partial charge >= 0.3 is 0 Å². The second-order valence-electron chi connectivity index (χ2n) is 7.06. The normalized spacial score (nSPS) is 11.1. The molecule has 0 atom stereocenters. The van der Waals surface area contributed by atoms with Crippen molar-refractivity contribution in [2.24, 2.45) is 0 Å². The molecule has 0 saturated heterocycles. The maximum absolute atomic E-state index is 13.0. The number of nitrogens with zero attached hydrogens (tertiary/aromatic N) is 3. The van der Waals surface area contributed by atoms with Crippen LogP contribution in [-0.2, 0) is 0 Å². The average Bonchev–Trinajstić information content (AvgIpc) is 3.25. The third-order valence-corrected chi connectivity index (χ3v) is 5.07. The highest BCUT2D eigenvalue weighted by Crippen LogP contribution is 2.27. The molecule has 6 heteroatoms. The van der Waals surface area contributed by atoms with Crippen molar-refractivity contribution in [2.45, 2.75) is 6.92 Å². The van der Waals surface area contributed by atoms with Gasteiger partial charge in [0.05, 0.1) is 16.6 Å². The third kappa shape index (κ3) is 3.04. The molecule has 2 aromatic heterocycles. The summed E-state index contributed by atoms with van der Waals surface area (Å²) in [5.41, 5.74) is 10.3. The second kappa shape index (κ2) is 7.00. The number of anilines is 1. The van der Waals surface area contributed by atoms with Crippen LogP contribution in [0, 0.1) is 6.92 Å². The number of nitrogen functional groups attached to an aromatic ring is 1. The minimum Gasteiger partial charge on any atom is -0.399 e. The van der Waals surface area contributed by atoms with E-state index >= 15 is 0 Å². The van der Waals surface area contributed by atoms with Gasteiger partial charge in [-0.15, -0.1) is 0 Å². The topological polar surface area (TPSA) is 86.9 Å². The quantitative estimate of drug-likeness (QED) is 0.452. The van der Waals surface area contributed by atoms with E-state index < -0.39 is 0 Å². The molecule has 0 radical (unpaired) electrons. The van der Waals surface area contributed by atoms with E-state index in [0.29, 0.717) is 33.9 Å². The number of para-hydroxylation sites is 1. The maximum atomic E-state index is 13.0. The fourth-order valence-corrected chi connectivity index (χ4v) is 3.52. The zero-order valence-corrected chi connectivity index (χ0v) is 16.2. The van der Waals surface area contributed by atoms with Gasteiger partial charge in [0, 0.05) is 22.9 Å². The zero-order chi connectivity index (χ0) is 20.7. The van der Waals surface area contributed by atoms with Gasteiger partial charge in [-0.2, -0.15) is 0 Å². The highest BCUT2D eigenvalue weighted by molar-refractivity contribution is 5.78. The van der Waals surface area contributed by atoms with Crippen LogP contribution in [0.25, 0.3) is 39.2 Å². The van der Waals surface area contributed by atoms with E-state index in [4.69, 9.17) is 10.3 Å². The first-order valence-corrected chi connectivity index (χ1v) is 9.52. The number of aryl methyl sites for hydroxylation is 1. The summed E-state index contributed by atoms with van der Waals surface area (Å²) in [5, 5.41) is 4.77. The van der Waals surface area contributed by atoms with Crippen LogP contribution in [-0.4, -0.2) is 14.7 Å². The van der Waals surface area contributed by atoms with Crippen LogP contribution in [0.5, 0.6) is 0 Å². The molecule has 6 nitrogen and oxygen atoms in total. The van der Waals surface area contributed by atoms with Gasteiger partial charge in [0.25, 0.3) is 5.56 Å². The van der Waals surface area contributed by atoms with E-state index in [1.807, 2.05) is 79.7 Å². The molecule has 0 fully saturated rings. The van der Waals surface area contributed by atoms with Crippen LogP contribution in [0.15, 0.2) is 88.2 Å². The van der Waals surface area contributed by atoms with Gasteiger partial charge in [-0.05, 0) is 55.5 Å². The van der Waals surface area contributed by atoms with Crippen molar-refractivity contribution in [3.05, 3.63) is 95.0 Å². The SMILES string of the molecule is Cc1nc2ccccc2c(=O)n1-c1ccc(-c2cc(-c3ccc(N)cc3)on2)cc1. The molecule has 3 aromatic carbocycles. The van der Waals surface area contributed by atoms with Crippen molar-refractivity contribution >= 4 is 16.6 Å². The lowest BCUT2D eigenvalue weighted by atomic mass is 10.1. The molecule has 5 rings (SSSR count). The Labute approximate surface area is 172 Å². The van der Waals surface area contributed by atoms with Gasteiger partial charge in [0.15, 0.2) is 5.76 Å². The first-order chi connectivity index (χ1) is 14.6. The minimum atomic E-state index is -0.0853. The van der Waals surface area contributed by atoms with Gasteiger partial charge in [-0.25, -0.2) is 4.98 Å². The Hall–Kier alpha value is -4.19. The molecule has 5 aromatic rings. The molecule has 0 aliphatic carbocycles. The van der Waals surface area contributed by atoms with Crippen LogP contribution in [0.4, 0.5) is 5.69 Å². The van der Waals surface area contributed by atoms with Crippen LogP contribution >= 0.6 is 0 Å². The van der Waals surface area contributed by atoms with Crippen LogP contribution < -0.4 is 11.3 Å². The number of fused-ring (bicyclic) bond motifs is 1. The Morgan fingerprint density at radius 2 is 1.60 bits per heavy atom. The predicted molar refractivity (Wildman–Crippen MR) is 117 cm³/mol. The van der Waals surface area contributed by atoms with Crippen molar-refractivity contribution in [1.29, 1.82) is 0 Å². The molecular weight excluding hydrogens is 376 g/mol. The van der Waals surface area contributed by atoms with Crippen molar-refractivity contribution in [3.63, 3.8) is 0 Å². The molecule has 0 amide bonds. The molecule has 2 N–H and O–H groups in total. The summed E-state index contributed by atoms with van der Waals surface area (Å²) in [4.78, 5) is 17.5. The molecule has 0 saturated carbocycles. The van der Waals surface area contributed by atoms with E-state index in [2.05, 4.69) is 10.1 Å². The highest BCUT2D eigenvalue weighted by atomic mass is 16.5. The standard InChI is InChI=1S/C24H18N4O2/c1-15-26-21-5-3-2-4-20(21)24(29)28(15)19-12-8-16(9-13-19)22-14-23(30-27-22)17-6-10-18(25)11-7-17/h2-14H,25H2,1H3. The van der Waals surface area contributed by atoms with Crippen molar-refractivity contribution in [3.8, 4) is 28.3 Å². The lowest BCUT2D eigenvalue weighted by Gasteiger charge is -2.11. The van der Waals surface area contributed by atoms with E-state index in [-0.39, 0.29) is 5.56 Å². The summed E-state index contributed by atoms with van der Waals surface area (Å²) < 4.78 is 7.11.